The topological polar surface area (TPSA) is 12.9 Å². The van der Waals surface area contributed by atoms with Gasteiger partial charge in [0, 0.05) is 11.6 Å². The van der Waals surface area contributed by atoms with Crippen molar-refractivity contribution in [3.63, 3.8) is 0 Å². The van der Waals surface area contributed by atoms with E-state index >= 15 is 0 Å². The van der Waals surface area contributed by atoms with Crippen LogP contribution in [0.3, 0.4) is 0 Å². The second-order valence-electron chi connectivity index (χ2n) is 3.66. The fourth-order valence-electron chi connectivity index (χ4n) is 1.48. The standard InChI is InChI=1S/C10H10F3N/c1-6-2-5-8(10(11,12)13)9(14-6)7-3-4-7/h2,5,7H,3-4H2,1H3. The van der Waals surface area contributed by atoms with Crippen LogP contribution in [-0.4, -0.2) is 4.98 Å². The van der Waals surface area contributed by atoms with E-state index in [0.717, 1.165) is 18.9 Å². The van der Waals surface area contributed by atoms with E-state index in [1.54, 1.807) is 6.92 Å². The Morgan fingerprint density at radius 1 is 1.29 bits per heavy atom. The molecule has 0 unspecified atom stereocenters. The zero-order chi connectivity index (χ0) is 10.3. The highest BCUT2D eigenvalue weighted by Gasteiger charge is 2.39. The molecule has 1 aliphatic carbocycles. The molecule has 0 aliphatic heterocycles. The minimum Gasteiger partial charge on any atom is -0.257 e. The third-order valence-electron chi connectivity index (χ3n) is 2.33. The Kier molecular flexibility index (Phi) is 2.01. The van der Waals surface area contributed by atoms with Crippen LogP contribution in [0.2, 0.25) is 0 Å². The molecule has 1 aromatic rings. The Labute approximate surface area is 80.0 Å². The molecule has 1 fully saturated rings. The van der Waals surface area contributed by atoms with Crippen molar-refractivity contribution in [1.29, 1.82) is 0 Å². The molecular formula is C10H10F3N. The van der Waals surface area contributed by atoms with Gasteiger partial charge in [-0.15, -0.1) is 0 Å². The lowest BCUT2D eigenvalue weighted by Crippen LogP contribution is -2.10. The number of hydrogen-bond donors (Lipinski definition) is 0. The molecule has 1 saturated carbocycles. The molecule has 0 amide bonds. The second-order valence-corrected chi connectivity index (χ2v) is 3.66. The number of rotatable bonds is 1. The molecule has 14 heavy (non-hydrogen) atoms. The molecule has 1 nitrogen and oxygen atoms in total. The molecule has 1 aromatic heterocycles. The summed E-state index contributed by atoms with van der Waals surface area (Å²) in [7, 11) is 0. The van der Waals surface area contributed by atoms with Gasteiger partial charge in [0.2, 0.25) is 0 Å². The maximum Gasteiger partial charge on any atom is 0.418 e. The van der Waals surface area contributed by atoms with Crippen molar-refractivity contribution >= 4 is 0 Å². The highest BCUT2D eigenvalue weighted by Crippen LogP contribution is 2.44. The lowest BCUT2D eigenvalue weighted by Gasteiger charge is -2.11. The molecule has 0 aromatic carbocycles. The van der Waals surface area contributed by atoms with Gasteiger partial charge in [0.25, 0.3) is 0 Å². The Balaban J connectivity index is 2.47. The summed E-state index contributed by atoms with van der Waals surface area (Å²) >= 11 is 0. The molecule has 76 valence electrons. The Morgan fingerprint density at radius 3 is 2.43 bits per heavy atom. The first kappa shape index (κ1) is 9.49. The van der Waals surface area contributed by atoms with Gasteiger partial charge >= 0.3 is 6.18 Å². The minimum absolute atomic E-state index is 0.0338. The van der Waals surface area contributed by atoms with Gasteiger partial charge in [-0.25, -0.2) is 0 Å². The number of alkyl halides is 3. The number of halogens is 3. The van der Waals surface area contributed by atoms with Crippen molar-refractivity contribution in [2.75, 3.05) is 0 Å². The number of pyridine rings is 1. The van der Waals surface area contributed by atoms with Gasteiger partial charge in [0.1, 0.15) is 0 Å². The minimum atomic E-state index is -4.27. The molecular weight excluding hydrogens is 191 g/mol. The lowest BCUT2D eigenvalue weighted by atomic mass is 10.1. The predicted octanol–water partition coefficient (Wildman–Crippen LogP) is 3.29. The number of aryl methyl sites for hydroxylation is 1. The van der Waals surface area contributed by atoms with Gasteiger partial charge in [0.05, 0.1) is 11.3 Å². The summed E-state index contributed by atoms with van der Waals surface area (Å²) in [5, 5.41) is 0. The molecule has 4 heteroatoms. The van der Waals surface area contributed by atoms with Gasteiger partial charge in [-0.2, -0.15) is 13.2 Å². The van der Waals surface area contributed by atoms with Crippen molar-refractivity contribution in [2.24, 2.45) is 0 Å². The second kappa shape index (κ2) is 2.97. The third-order valence-corrected chi connectivity index (χ3v) is 2.33. The molecule has 0 N–H and O–H groups in total. The fourth-order valence-corrected chi connectivity index (χ4v) is 1.48. The number of aromatic nitrogens is 1. The Morgan fingerprint density at radius 2 is 1.93 bits per heavy atom. The van der Waals surface area contributed by atoms with E-state index in [0.29, 0.717) is 5.69 Å². The van der Waals surface area contributed by atoms with Crippen LogP contribution in [-0.2, 0) is 6.18 Å². The molecule has 0 spiro atoms. The van der Waals surface area contributed by atoms with Crippen molar-refractivity contribution < 1.29 is 13.2 Å². The molecule has 0 bridgehead atoms. The SMILES string of the molecule is Cc1ccc(C(F)(F)F)c(C2CC2)n1. The normalized spacial score (nSPS) is 17.1. The van der Waals surface area contributed by atoms with E-state index in [9.17, 15) is 13.2 Å². The Bertz CT molecular complexity index is 353. The predicted molar refractivity (Wildman–Crippen MR) is 46.0 cm³/mol. The highest BCUT2D eigenvalue weighted by atomic mass is 19.4. The molecule has 0 radical (unpaired) electrons. The van der Waals surface area contributed by atoms with Gasteiger partial charge in [0.15, 0.2) is 0 Å². The Hall–Kier alpha value is -1.06. The number of hydrogen-bond acceptors (Lipinski definition) is 1. The van der Waals surface area contributed by atoms with Crippen molar-refractivity contribution in [3.05, 3.63) is 29.1 Å². The summed E-state index contributed by atoms with van der Waals surface area (Å²) < 4.78 is 37.6. The van der Waals surface area contributed by atoms with Crippen LogP contribution in [0.5, 0.6) is 0 Å². The smallest absolute Gasteiger partial charge is 0.257 e. The van der Waals surface area contributed by atoms with Crippen LogP contribution >= 0.6 is 0 Å². The molecule has 0 atom stereocenters. The zero-order valence-electron chi connectivity index (χ0n) is 7.73. The maximum absolute atomic E-state index is 12.5. The van der Waals surface area contributed by atoms with Gasteiger partial charge in [-0.1, -0.05) is 0 Å². The monoisotopic (exact) mass is 201 g/mol. The van der Waals surface area contributed by atoms with Gasteiger partial charge in [-0.05, 0) is 31.9 Å². The number of nitrogens with zero attached hydrogens (tertiary/aromatic N) is 1. The van der Waals surface area contributed by atoms with Crippen molar-refractivity contribution in [1.82, 2.24) is 4.98 Å². The van der Waals surface area contributed by atoms with Crippen LogP contribution in [0.25, 0.3) is 0 Å². The largest absolute Gasteiger partial charge is 0.418 e. The van der Waals surface area contributed by atoms with Crippen LogP contribution in [0.15, 0.2) is 12.1 Å². The summed E-state index contributed by atoms with van der Waals surface area (Å²) in [4.78, 5) is 3.98. The van der Waals surface area contributed by atoms with Gasteiger partial charge < -0.3 is 0 Å². The van der Waals surface area contributed by atoms with Crippen LogP contribution < -0.4 is 0 Å². The zero-order valence-corrected chi connectivity index (χ0v) is 7.73. The highest BCUT2D eigenvalue weighted by molar-refractivity contribution is 5.30. The van der Waals surface area contributed by atoms with Crippen molar-refractivity contribution in [3.8, 4) is 0 Å². The summed E-state index contributed by atoms with van der Waals surface area (Å²) in [6.45, 7) is 1.71. The van der Waals surface area contributed by atoms with E-state index in [-0.39, 0.29) is 11.6 Å². The van der Waals surface area contributed by atoms with E-state index in [1.807, 2.05) is 0 Å². The van der Waals surface area contributed by atoms with Crippen molar-refractivity contribution in [2.45, 2.75) is 31.9 Å². The summed E-state index contributed by atoms with van der Waals surface area (Å²) in [5.41, 5.74) is 0.322. The average Bonchev–Trinajstić information content (AvgIpc) is 2.83. The molecule has 1 heterocycles. The van der Waals surface area contributed by atoms with E-state index < -0.39 is 11.7 Å². The van der Waals surface area contributed by atoms with Crippen LogP contribution in [0, 0.1) is 6.92 Å². The molecule has 0 saturated heterocycles. The van der Waals surface area contributed by atoms with E-state index in [4.69, 9.17) is 0 Å². The summed E-state index contributed by atoms with van der Waals surface area (Å²) in [6.07, 6.45) is -2.60. The quantitative estimate of drug-likeness (QED) is 0.679. The van der Waals surface area contributed by atoms with Gasteiger partial charge in [-0.3, -0.25) is 4.98 Å². The summed E-state index contributed by atoms with van der Waals surface area (Å²) in [6, 6.07) is 2.55. The van der Waals surface area contributed by atoms with E-state index in [1.165, 1.54) is 6.07 Å². The first-order valence-electron chi connectivity index (χ1n) is 4.53. The molecule has 1 aliphatic rings. The van der Waals surface area contributed by atoms with E-state index in [2.05, 4.69) is 4.98 Å². The maximum atomic E-state index is 12.5. The molecule has 2 rings (SSSR count). The average molecular weight is 201 g/mol. The summed E-state index contributed by atoms with van der Waals surface area (Å²) in [5.74, 6) is 0.0338. The first-order chi connectivity index (χ1) is 6.48. The first-order valence-corrected chi connectivity index (χ1v) is 4.53. The lowest BCUT2D eigenvalue weighted by molar-refractivity contribution is -0.138. The van der Waals surface area contributed by atoms with Crippen LogP contribution in [0.4, 0.5) is 13.2 Å². The fraction of sp³-hybridized carbons (Fsp3) is 0.500. The third kappa shape index (κ3) is 1.74. The van der Waals surface area contributed by atoms with Crippen LogP contribution in [0.1, 0.15) is 35.7 Å².